The van der Waals surface area contributed by atoms with E-state index in [9.17, 15) is 18.5 Å². The Hall–Kier alpha value is -2.48. The van der Waals surface area contributed by atoms with Crippen LogP contribution in [0.4, 0.5) is 11.4 Å². The lowest BCUT2D eigenvalue weighted by molar-refractivity contribution is -0.387. The molecule has 1 N–H and O–H groups in total. The van der Waals surface area contributed by atoms with Crippen LogP contribution in [0.3, 0.4) is 0 Å². The van der Waals surface area contributed by atoms with Crippen LogP contribution in [0.5, 0.6) is 0 Å². The fourth-order valence-electron chi connectivity index (χ4n) is 1.61. The summed E-state index contributed by atoms with van der Waals surface area (Å²) in [7, 11) is -4.04. The predicted octanol–water partition coefficient (Wildman–Crippen LogP) is 2.10. The summed E-state index contributed by atoms with van der Waals surface area (Å²) in [6.07, 6.45) is 2.87. The molecule has 0 aliphatic carbocycles. The van der Waals surface area contributed by atoms with Gasteiger partial charge in [0.05, 0.1) is 16.8 Å². The van der Waals surface area contributed by atoms with Crippen molar-refractivity contribution >= 4 is 21.4 Å². The number of nitrogens with zero attached hydrogens (tertiary/aromatic N) is 2. The number of aromatic nitrogens is 1. The maximum atomic E-state index is 12.2. The van der Waals surface area contributed by atoms with Gasteiger partial charge in [-0.25, -0.2) is 8.42 Å². The molecule has 0 amide bonds. The minimum atomic E-state index is -4.04. The van der Waals surface area contributed by atoms with Crippen LogP contribution in [0.25, 0.3) is 0 Å². The van der Waals surface area contributed by atoms with Gasteiger partial charge in [-0.1, -0.05) is 12.1 Å². The molecule has 0 saturated carbocycles. The van der Waals surface area contributed by atoms with E-state index < -0.39 is 20.6 Å². The molecule has 7 nitrogen and oxygen atoms in total. The lowest BCUT2D eigenvalue weighted by Crippen LogP contribution is -2.15. The van der Waals surface area contributed by atoms with E-state index in [2.05, 4.69) is 9.71 Å². The first-order chi connectivity index (χ1) is 9.42. The van der Waals surface area contributed by atoms with Crippen molar-refractivity contribution in [3.8, 4) is 0 Å². The summed E-state index contributed by atoms with van der Waals surface area (Å²) in [6.45, 7) is 1.71. The van der Waals surface area contributed by atoms with Crippen LogP contribution in [-0.2, 0) is 10.0 Å². The fraction of sp³-hybridized carbons (Fsp3) is 0.0833. The molecule has 20 heavy (non-hydrogen) atoms. The van der Waals surface area contributed by atoms with E-state index in [1.165, 1.54) is 30.6 Å². The molecule has 104 valence electrons. The Morgan fingerprint density at radius 1 is 1.25 bits per heavy atom. The first-order valence-corrected chi connectivity index (χ1v) is 7.07. The highest BCUT2D eigenvalue weighted by molar-refractivity contribution is 7.92. The predicted molar refractivity (Wildman–Crippen MR) is 72.9 cm³/mol. The Labute approximate surface area is 115 Å². The van der Waals surface area contributed by atoms with Crippen molar-refractivity contribution in [1.82, 2.24) is 4.98 Å². The first kappa shape index (κ1) is 13.9. The third-order valence-electron chi connectivity index (χ3n) is 2.63. The molecule has 0 aliphatic heterocycles. The third kappa shape index (κ3) is 2.75. The molecule has 0 unspecified atom stereocenters. The van der Waals surface area contributed by atoms with Crippen molar-refractivity contribution in [2.24, 2.45) is 0 Å². The molecular weight excluding hydrogens is 282 g/mol. The van der Waals surface area contributed by atoms with Crippen LogP contribution >= 0.6 is 0 Å². The van der Waals surface area contributed by atoms with Crippen molar-refractivity contribution < 1.29 is 13.3 Å². The highest BCUT2D eigenvalue weighted by Gasteiger charge is 2.25. The Morgan fingerprint density at radius 3 is 2.60 bits per heavy atom. The van der Waals surface area contributed by atoms with Gasteiger partial charge < -0.3 is 0 Å². The zero-order valence-corrected chi connectivity index (χ0v) is 11.3. The SMILES string of the molecule is Cc1ccncc1NS(=O)(=O)c1ccccc1[N+](=O)[O-]. The quantitative estimate of drug-likeness (QED) is 0.687. The topological polar surface area (TPSA) is 102 Å². The Bertz CT molecular complexity index is 759. The molecule has 0 saturated heterocycles. The number of hydrogen-bond acceptors (Lipinski definition) is 5. The molecule has 2 aromatic rings. The summed E-state index contributed by atoms with van der Waals surface area (Å²) in [6, 6.07) is 6.80. The standard InChI is InChI=1S/C12H11N3O4S/c1-9-6-7-13-8-10(9)14-20(18,19)12-5-3-2-4-11(12)15(16)17/h2-8,14H,1H3. The summed E-state index contributed by atoms with van der Waals surface area (Å²) in [5.41, 5.74) is 0.481. The van der Waals surface area contributed by atoms with E-state index in [1.54, 1.807) is 13.0 Å². The number of nitro benzene ring substituents is 1. The van der Waals surface area contributed by atoms with Gasteiger partial charge >= 0.3 is 0 Å². The molecule has 0 radical (unpaired) electrons. The Balaban J connectivity index is 2.47. The molecule has 1 aromatic heterocycles. The van der Waals surface area contributed by atoms with Crippen LogP contribution in [0, 0.1) is 17.0 Å². The number of hydrogen-bond donors (Lipinski definition) is 1. The van der Waals surface area contributed by atoms with E-state index in [0.717, 1.165) is 6.07 Å². The summed E-state index contributed by atoms with van der Waals surface area (Å²) < 4.78 is 26.8. The molecule has 0 fully saturated rings. The second-order valence-electron chi connectivity index (χ2n) is 4.02. The van der Waals surface area contributed by atoms with Crippen LogP contribution in [0.2, 0.25) is 0 Å². The van der Waals surface area contributed by atoms with Gasteiger partial charge in [0.15, 0.2) is 4.90 Å². The maximum Gasteiger partial charge on any atom is 0.289 e. The van der Waals surface area contributed by atoms with Gasteiger partial charge in [-0.2, -0.15) is 0 Å². The lowest BCUT2D eigenvalue weighted by Gasteiger charge is -2.09. The molecule has 1 aromatic carbocycles. The van der Waals surface area contributed by atoms with Crippen molar-refractivity contribution in [3.63, 3.8) is 0 Å². The number of para-hydroxylation sites is 1. The van der Waals surface area contributed by atoms with Crippen LogP contribution in [0.1, 0.15) is 5.56 Å². The largest absolute Gasteiger partial charge is 0.289 e. The third-order valence-corrected chi connectivity index (χ3v) is 4.05. The summed E-state index contributed by atoms with van der Waals surface area (Å²) in [4.78, 5) is 13.6. The van der Waals surface area contributed by atoms with Gasteiger partial charge in [0.25, 0.3) is 15.7 Å². The van der Waals surface area contributed by atoms with E-state index in [1.807, 2.05) is 0 Å². The molecule has 0 atom stereocenters. The lowest BCUT2D eigenvalue weighted by atomic mass is 10.3. The summed E-state index contributed by atoms with van der Waals surface area (Å²) in [5, 5.41) is 10.9. The highest BCUT2D eigenvalue weighted by atomic mass is 32.2. The van der Waals surface area contributed by atoms with E-state index in [-0.39, 0.29) is 10.6 Å². The molecule has 0 aliphatic rings. The summed E-state index contributed by atoms with van der Waals surface area (Å²) in [5.74, 6) is 0. The van der Waals surface area contributed by atoms with Gasteiger partial charge in [-0.05, 0) is 24.6 Å². The number of anilines is 1. The van der Waals surface area contributed by atoms with E-state index in [4.69, 9.17) is 0 Å². The highest BCUT2D eigenvalue weighted by Crippen LogP contribution is 2.25. The zero-order chi connectivity index (χ0) is 14.8. The number of rotatable bonds is 4. The molecular formula is C12H11N3O4S. The minimum absolute atomic E-state index is 0.283. The second-order valence-corrected chi connectivity index (χ2v) is 5.67. The number of nitrogens with one attached hydrogen (secondary N) is 1. The van der Waals surface area contributed by atoms with Gasteiger partial charge in [0.1, 0.15) is 0 Å². The number of sulfonamides is 1. The Kier molecular flexibility index (Phi) is 3.66. The van der Waals surface area contributed by atoms with Crippen molar-refractivity contribution in [1.29, 1.82) is 0 Å². The molecule has 8 heteroatoms. The first-order valence-electron chi connectivity index (χ1n) is 5.58. The van der Waals surface area contributed by atoms with Gasteiger partial charge in [-0.15, -0.1) is 0 Å². The van der Waals surface area contributed by atoms with Crippen LogP contribution in [0.15, 0.2) is 47.6 Å². The molecule has 2 rings (SSSR count). The minimum Gasteiger partial charge on any atom is -0.278 e. The number of pyridine rings is 1. The average Bonchev–Trinajstić information content (AvgIpc) is 2.41. The smallest absolute Gasteiger partial charge is 0.278 e. The average molecular weight is 293 g/mol. The monoisotopic (exact) mass is 293 g/mol. The number of nitro groups is 1. The van der Waals surface area contributed by atoms with Crippen molar-refractivity contribution in [2.45, 2.75) is 11.8 Å². The van der Waals surface area contributed by atoms with Crippen molar-refractivity contribution in [3.05, 3.63) is 58.4 Å². The van der Waals surface area contributed by atoms with Crippen molar-refractivity contribution in [2.75, 3.05) is 4.72 Å². The molecule has 0 spiro atoms. The summed E-state index contributed by atoms with van der Waals surface area (Å²) >= 11 is 0. The maximum absolute atomic E-state index is 12.2. The van der Waals surface area contributed by atoms with E-state index in [0.29, 0.717) is 5.56 Å². The normalized spacial score (nSPS) is 11.1. The number of aryl methyl sites for hydroxylation is 1. The van der Waals surface area contributed by atoms with Crippen LogP contribution < -0.4 is 4.72 Å². The zero-order valence-electron chi connectivity index (χ0n) is 10.5. The Morgan fingerprint density at radius 2 is 1.95 bits per heavy atom. The molecule has 0 bridgehead atoms. The van der Waals surface area contributed by atoms with E-state index >= 15 is 0 Å². The van der Waals surface area contributed by atoms with Crippen LogP contribution in [-0.4, -0.2) is 18.3 Å². The van der Waals surface area contributed by atoms with Gasteiger partial charge in [0.2, 0.25) is 0 Å². The van der Waals surface area contributed by atoms with Gasteiger partial charge in [0, 0.05) is 12.3 Å². The molecule has 1 heterocycles. The number of benzene rings is 1. The fourth-order valence-corrected chi connectivity index (χ4v) is 2.89. The van der Waals surface area contributed by atoms with Gasteiger partial charge in [-0.3, -0.25) is 19.8 Å². The second kappa shape index (κ2) is 5.25.